The first kappa shape index (κ1) is 18.4. The number of rotatable bonds is 8. The van der Waals surface area contributed by atoms with E-state index in [1.165, 1.54) is 0 Å². The fourth-order valence-electron chi connectivity index (χ4n) is 2.31. The number of hydrogen-bond donors (Lipinski definition) is 1. The molecule has 0 radical (unpaired) electrons. The van der Waals surface area contributed by atoms with Gasteiger partial charge in [-0.25, -0.2) is 4.98 Å². The number of aliphatic hydroxyl groups excluding tert-OH is 1. The van der Waals surface area contributed by atoms with E-state index in [0.29, 0.717) is 23.2 Å². The highest BCUT2D eigenvalue weighted by atomic mass is 35.5. The highest BCUT2D eigenvalue weighted by Gasteiger charge is 2.07. The van der Waals surface area contributed by atoms with Gasteiger partial charge in [0, 0.05) is 17.6 Å². The van der Waals surface area contributed by atoms with Crippen molar-refractivity contribution in [3.63, 3.8) is 0 Å². The van der Waals surface area contributed by atoms with Crippen molar-refractivity contribution in [3.05, 3.63) is 65.4 Å². The molecule has 1 atom stereocenters. The van der Waals surface area contributed by atoms with Gasteiger partial charge < -0.3 is 14.6 Å². The van der Waals surface area contributed by atoms with Gasteiger partial charge in [0.1, 0.15) is 24.8 Å². The standard InChI is InChI=1S/C19H20ClN3O3/c1-23-13-21-19(22-23)15-4-8-18(9-5-15)26-12-17(24)11-25-10-14-2-6-16(20)7-3-14/h2-9,13,17,24H,10-12H2,1H3. The van der Waals surface area contributed by atoms with Gasteiger partial charge in [-0.3, -0.25) is 4.68 Å². The third-order valence-corrected chi connectivity index (χ3v) is 3.90. The number of aliphatic hydroxyl groups is 1. The molecule has 0 aliphatic carbocycles. The maximum atomic E-state index is 9.97. The van der Waals surface area contributed by atoms with Crippen molar-refractivity contribution in [2.24, 2.45) is 7.05 Å². The van der Waals surface area contributed by atoms with Gasteiger partial charge in [-0.05, 0) is 42.0 Å². The normalized spacial score (nSPS) is 12.1. The van der Waals surface area contributed by atoms with Crippen LogP contribution in [0.25, 0.3) is 11.4 Å². The third-order valence-electron chi connectivity index (χ3n) is 3.65. The molecule has 26 heavy (non-hydrogen) atoms. The minimum absolute atomic E-state index is 0.155. The summed E-state index contributed by atoms with van der Waals surface area (Å²) in [4.78, 5) is 4.20. The van der Waals surface area contributed by atoms with Crippen molar-refractivity contribution in [1.29, 1.82) is 0 Å². The molecule has 1 heterocycles. The molecule has 136 valence electrons. The molecule has 3 aromatic rings. The van der Waals surface area contributed by atoms with Gasteiger partial charge in [0.15, 0.2) is 5.82 Å². The molecule has 0 aliphatic heterocycles. The van der Waals surface area contributed by atoms with E-state index in [4.69, 9.17) is 21.1 Å². The smallest absolute Gasteiger partial charge is 0.181 e. The summed E-state index contributed by atoms with van der Waals surface area (Å²) in [5.74, 6) is 1.33. The molecule has 0 fully saturated rings. The highest BCUT2D eigenvalue weighted by Crippen LogP contribution is 2.19. The summed E-state index contributed by atoms with van der Waals surface area (Å²) in [5.41, 5.74) is 1.91. The average molecular weight is 374 g/mol. The van der Waals surface area contributed by atoms with Crippen molar-refractivity contribution in [1.82, 2.24) is 14.8 Å². The Bertz CT molecular complexity index is 819. The van der Waals surface area contributed by atoms with Crippen LogP contribution in [0.1, 0.15) is 5.56 Å². The molecule has 0 amide bonds. The van der Waals surface area contributed by atoms with Crippen molar-refractivity contribution < 1.29 is 14.6 Å². The van der Waals surface area contributed by atoms with E-state index in [1.54, 1.807) is 11.0 Å². The summed E-state index contributed by atoms with van der Waals surface area (Å²) in [7, 11) is 1.82. The topological polar surface area (TPSA) is 69.4 Å². The van der Waals surface area contributed by atoms with E-state index in [1.807, 2.05) is 55.6 Å². The molecule has 2 aromatic carbocycles. The molecule has 1 N–H and O–H groups in total. The SMILES string of the molecule is Cn1cnc(-c2ccc(OCC(O)COCc3ccc(Cl)cc3)cc2)n1. The molecule has 3 rings (SSSR count). The van der Waals surface area contributed by atoms with Crippen LogP contribution >= 0.6 is 11.6 Å². The predicted molar refractivity (Wildman–Crippen MR) is 99.0 cm³/mol. The van der Waals surface area contributed by atoms with Crippen LogP contribution in [0.4, 0.5) is 0 Å². The first-order chi connectivity index (χ1) is 12.6. The van der Waals surface area contributed by atoms with Gasteiger partial charge in [-0.1, -0.05) is 23.7 Å². The van der Waals surface area contributed by atoms with Gasteiger partial charge in [-0.2, -0.15) is 5.10 Å². The number of hydrogen-bond acceptors (Lipinski definition) is 5. The van der Waals surface area contributed by atoms with Crippen molar-refractivity contribution >= 4 is 11.6 Å². The lowest BCUT2D eigenvalue weighted by Crippen LogP contribution is -2.23. The molecule has 0 aliphatic rings. The van der Waals surface area contributed by atoms with Gasteiger partial charge in [-0.15, -0.1) is 0 Å². The molecular formula is C19H20ClN3O3. The second-order valence-electron chi connectivity index (χ2n) is 5.87. The van der Waals surface area contributed by atoms with Crippen LogP contribution in [0.3, 0.4) is 0 Å². The Morgan fingerprint density at radius 3 is 2.46 bits per heavy atom. The number of halogens is 1. The number of nitrogens with zero attached hydrogens (tertiary/aromatic N) is 3. The van der Waals surface area contributed by atoms with Crippen molar-refractivity contribution in [3.8, 4) is 17.1 Å². The fourth-order valence-corrected chi connectivity index (χ4v) is 2.43. The average Bonchev–Trinajstić information content (AvgIpc) is 3.08. The Labute approximate surface area is 157 Å². The van der Waals surface area contributed by atoms with E-state index in [-0.39, 0.29) is 13.2 Å². The van der Waals surface area contributed by atoms with Crippen LogP contribution < -0.4 is 4.74 Å². The zero-order chi connectivity index (χ0) is 18.4. The summed E-state index contributed by atoms with van der Waals surface area (Å²) in [6.07, 6.45) is 0.944. The van der Waals surface area contributed by atoms with Crippen LogP contribution in [0.2, 0.25) is 5.02 Å². The minimum Gasteiger partial charge on any atom is -0.491 e. The van der Waals surface area contributed by atoms with Crippen molar-refractivity contribution in [2.75, 3.05) is 13.2 Å². The predicted octanol–water partition coefficient (Wildman–Crippen LogP) is 3.09. The van der Waals surface area contributed by atoms with Crippen LogP contribution in [0, 0.1) is 0 Å². The third kappa shape index (κ3) is 5.29. The lowest BCUT2D eigenvalue weighted by Gasteiger charge is -2.13. The monoisotopic (exact) mass is 373 g/mol. The highest BCUT2D eigenvalue weighted by molar-refractivity contribution is 6.30. The molecular weight excluding hydrogens is 354 g/mol. The number of aryl methyl sites for hydroxylation is 1. The van der Waals surface area contributed by atoms with Crippen molar-refractivity contribution in [2.45, 2.75) is 12.7 Å². The van der Waals surface area contributed by atoms with E-state index in [0.717, 1.165) is 11.1 Å². The number of benzene rings is 2. The quantitative estimate of drug-likeness (QED) is 0.657. The molecule has 0 saturated heterocycles. The summed E-state index contributed by atoms with van der Waals surface area (Å²) < 4.78 is 12.7. The molecule has 0 spiro atoms. The first-order valence-electron chi connectivity index (χ1n) is 8.19. The molecule has 7 heteroatoms. The maximum Gasteiger partial charge on any atom is 0.181 e. The van der Waals surface area contributed by atoms with E-state index >= 15 is 0 Å². The van der Waals surface area contributed by atoms with Crippen LogP contribution in [0.15, 0.2) is 54.9 Å². The summed E-state index contributed by atoms with van der Waals surface area (Å²) in [6, 6.07) is 14.8. The number of ether oxygens (including phenoxy) is 2. The Morgan fingerprint density at radius 2 is 1.81 bits per heavy atom. The zero-order valence-electron chi connectivity index (χ0n) is 14.4. The molecule has 0 bridgehead atoms. The maximum absolute atomic E-state index is 9.97. The second kappa shape index (κ2) is 8.80. The summed E-state index contributed by atoms with van der Waals surface area (Å²) >= 11 is 5.84. The Balaban J connectivity index is 1.41. The van der Waals surface area contributed by atoms with E-state index in [9.17, 15) is 5.11 Å². The Hall–Kier alpha value is -2.41. The van der Waals surface area contributed by atoms with Crippen LogP contribution in [-0.4, -0.2) is 39.2 Å². The van der Waals surface area contributed by atoms with E-state index in [2.05, 4.69) is 10.1 Å². The first-order valence-corrected chi connectivity index (χ1v) is 8.57. The summed E-state index contributed by atoms with van der Waals surface area (Å²) in [6.45, 7) is 0.764. The van der Waals surface area contributed by atoms with E-state index < -0.39 is 6.10 Å². The Kier molecular flexibility index (Phi) is 6.22. The van der Waals surface area contributed by atoms with Gasteiger partial charge in [0.05, 0.1) is 13.2 Å². The molecule has 0 saturated carbocycles. The molecule has 6 nitrogen and oxygen atoms in total. The lowest BCUT2D eigenvalue weighted by molar-refractivity contribution is 0.00549. The van der Waals surface area contributed by atoms with Gasteiger partial charge in [0.25, 0.3) is 0 Å². The zero-order valence-corrected chi connectivity index (χ0v) is 15.1. The second-order valence-corrected chi connectivity index (χ2v) is 6.31. The molecule has 1 unspecified atom stereocenters. The lowest BCUT2D eigenvalue weighted by atomic mass is 10.2. The number of aromatic nitrogens is 3. The largest absolute Gasteiger partial charge is 0.491 e. The summed E-state index contributed by atoms with van der Waals surface area (Å²) in [5, 5.41) is 14.9. The fraction of sp³-hybridized carbons (Fsp3) is 0.263. The molecule has 1 aromatic heterocycles. The Morgan fingerprint density at radius 1 is 1.08 bits per heavy atom. The van der Waals surface area contributed by atoms with Gasteiger partial charge >= 0.3 is 0 Å². The minimum atomic E-state index is -0.709. The van der Waals surface area contributed by atoms with Gasteiger partial charge in [0.2, 0.25) is 0 Å². The van der Waals surface area contributed by atoms with Crippen LogP contribution in [0.5, 0.6) is 5.75 Å². The van der Waals surface area contributed by atoms with Crippen LogP contribution in [-0.2, 0) is 18.4 Å².